The van der Waals surface area contributed by atoms with Gasteiger partial charge in [-0.2, -0.15) is 5.10 Å². The molecule has 0 radical (unpaired) electrons. The topological polar surface area (TPSA) is 78.4 Å². The molecule has 0 saturated carbocycles. The maximum atomic E-state index is 12.2. The number of benzene rings is 2. The molecule has 0 spiro atoms. The standard InChI is InChI=1S/C19H16N2O5/c1-3-8-24-16-7-5-15(23-2)9-14(16)11-20-21-19(22)13-4-6-17-18(10-13)26-12-25-17/h1,4-7,9-11H,8,12H2,2H3,(H,21,22)/b20-11-. The van der Waals surface area contributed by atoms with E-state index in [0.717, 1.165) is 0 Å². The van der Waals surface area contributed by atoms with Crippen molar-refractivity contribution in [1.82, 2.24) is 5.43 Å². The maximum absolute atomic E-state index is 12.2. The van der Waals surface area contributed by atoms with Crippen molar-refractivity contribution >= 4 is 12.1 Å². The first kappa shape index (κ1) is 17.2. The van der Waals surface area contributed by atoms with E-state index in [-0.39, 0.29) is 19.3 Å². The summed E-state index contributed by atoms with van der Waals surface area (Å²) in [5.41, 5.74) is 3.48. The van der Waals surface area contributed by atoms with Crippen molar-refractivity contribution in [1.29, 1.82) is 0 Å². The van der Waals surface area contributed by atoms with Crippen molar-refractivity contribution in [3.8, 4) is 35.3 Å². The Balaban J connectivity index is 1.71. The summed E-state index contributed by atoms with van der Waals surface area (Å²) in [5.74, 6) is 4.31. The maximum Gasteiger partial charge on any atom is 0.271 e. The Morgan fingerprint density at radius 2 is 2.15 bits per heavy atom. The monoisotopic (exact) mass is 352 g/mol. The van der Waals surface area contributed by atoms with E-state index in [2.05, 4.69) is 16.4 Å². The first-order chi connectivity index (χ1) is 12.7. The van der Waals surface area contributed by atoms with E-state index >= 15 is 0 Å². The Kier molecular flexibility index (Phi) is 5.25. The number of carbonyl (C=O) groups excluding carboxylic acids is 1. The fraction of sp³-hybridized carbons (Fsp3) is 0.158. The molecule has 2 aromatic carbocycles. The van der Waals surface area contributed by atoms with E-state index in [0.29, 0.717) is 34.1 Å². The van der Waals surface area contributed by atoms with Crippen LogP contribution >= 0.6 is 0 Å². The van der Waals surface area contributed by atoms with E-state index in [1.165, 1.54) is 6.21 Å². The molecule has 0 bridgehead atoms. The molecule has 1 amide bonds. The number of carbonyl (C=O) groups is 1. The first-order valence-corrected chi connectivity index (χ1v) is 7.68. The van der Waals surface area contributed by atoms with E-state index in [4.69, 9.17) is 25.4 Å². The molecule has 0 saturated heterocycles. The van der Waals surface area contributed by atoms with Crippen LogP contribution in [0.5, 0.6) is 23.0 Å². The Bertz CT molecular complexity index is 886. The number of nitrogens with zero attached hydrogens (tertiary/aromatic N) is 1. The molecular formula is C19H16N2O5. The SMILES string of the molecule is C#CCOc1ccc(OC)cc1/C=N\NC(=O)c1ccc2c(c1)OCO2. The minimum atomic E-state index is -0.381. The Morgan fingerprint density at radius 1 is 1.31 bits per heavy atom. The lowest BCUT2D eigenvalue weighted by Crippen LogP contribution is -2.17. The number of amides is 1. The molecule has 1 aliphatic rings. The summed E-state index contributed by atoms with van der Waals surface area (Å²) in [6.45, 7) is 0.269. The van der Waals surface area contributed by atoms with Crippen LogP contribution in [0.1, 0.15) is 15.9 Å². The van der Waals surface area contributed by atoms with Crippen molar-refractivity contribution in [2.75, 3.05) is 20.5 Å². The molecule has 1 heterocycles. The highest BCUT2D eigenvalue weighted by Gasteiger charge is 2.15. The van der Waals surface area contributed by atoms with Gasteiger partial charge in [0, 0.05) is 11.1 Å². The lowest BCUT2D eigenvalue weighted by molar-refractivity contribution is 0.0954. The van der Waals surface area contributed by atoms with Gasteiger partial charge in [-0.25, -0.2) is 5.43 Å². The second kappa shape index (κ2) is 7.94. The largest absolute Gasteiger partial charge is 0.497 e. The fourth-order valence-electron chi connectivity index (χ4n) is 2.27. The molecule has 132 valence electrons. The predicted molar refractivity (Wildman–Crippen MR) is 94.9 cm³/mol. The lowest BCUT2D eigenvalue weighted by atomic mass is 10.2. The van der Waals surface area contributed by atoms with Crippen molar-refractivity contribution in [2.24, 2.45) is 5.10 Å². The third-order valence-corrected chi connectivity index (χ3v) is 3.53. The Labute approximate surface area is 150 Å². The lowest BCUT2D eigenvalue weighted by Gasteiger charge is -2.08. The number of terminal acetylenes is 1. The minimum Gasteiger partial charge on any atom is -0.497 e. The van der Waals surface area contributed by atoms with Crippen LogP contribution in [0.3, 0.4) is 0 Å². The van der Waals surface area contributed by atoms with Crippen LogP contribution in [0.25, 0.3) is 0 Å². The summed E-state index contributed by atoms with van der Waals surface area (Å²) in [5, 5.41) is 3.97. The van der Waals surface area contributed by atoms with Gasteiger partial charge in [0.2, 0.25) is 6.79 Å². The Morgan fingerprint density at radius 3 is 2.96 bits per heavy atom. The van der Waals surface area contributed by atoms with Gasteiger partial charge in [-0.05, 0) is 36.4 Å². The summed E-state index contributed by atoms with van der Waals surface area (Å²) < 4.78 is 21.1. The number of hydrogen-bond acceptors (Lipinski definition) is 6. The average molecular weight is 352 g/mol. The number of fused-ring (bicyclic) bond motifs is 1. The number of hydrazone groups is 1. The average Bonchev–Trinajstić information content (AvgIpc) is 3.14. The first-order valence-electron chi connectivity index (χ1n) is 7.68. The highest BCUT2D eigenvalue weighted by molar-refractivity contribution is 5.95. The van der Waals surface area contributed by atoms with Crippen LogP contribution in [0.15, 0.2) is 41.5 Å². The third kappa shape index (κ3) is 3.87. The molecule has 0 aromatic heterocycles. The molecule has 26 heavy (non-hydrogen) atoms. The number of methoxy groups -OCH3 is 1. The van der Waals surface area contributed by atoms with Gasteiger partial charge < -0.3 is 18.9 Å². The van der Waals surface area contributed by atoms with Gasteiger partial charge >= 0.3 is 0 Å². The van der Waals surface area contributed by atoms with Crippen molar-refractivity contribution < 1.29 is 23.7 Å². The molecule has 7 heteroatoms. The van der Waals surface area contributed by atoms with Crippen LogP contribution in [0, 0.1) is 12.3 Å². The summed E-state index contributed by atoms with van der Waals surface area (Å²) in [6, 6.07) is 10.1. The minimum absolute atomic E-state index is 0.122. The highest BCUT2D eigenvalue weighted by Crippen LogP contribution is 2.32. The van der Waals surface area contributed by atoms with E-state index in [9.17, 15) is 4.79 Å². The second-order valence-electron chi connectivity index (χ2n) is 5.16. The second-order valence-corrected chi connectivity index (χ2v) is 5.16. The van der Waals surface area contributed by atoms with Crippen molar-refractivity contribution in [3.05, 3.63) is 47.5 Å². The van der Waals surface area contributed by atoms with Gasteiger partial charge in [0.15, 0.2) is 11.5 Å². The van der Waals surface area contributed by atoms with Crippen molar-refractivity contribution in [3.63, 3.8) is 0 Å². The van der Waals surface area contributed by atoms with Crippen LogP contribution < -0.4 is 24.4 Å². The molecule has 3 rings (SSSR count). The molecule has 1 aliphatic heterocycles. The third-order valence-electron chi connectivity index (χ3n) is 3.53. The summed E-state index contributed by atoms with van der Waals surface area (Å²) in [4.78, 5) is 12.2. The molecular weight excluding hydrogens is 336 g/mol. The number of nitrogens with one attached hydrogen (secondary N) is 1. The van der Waals surface area contributed by atoms with Gasteiger partial charge in [-0.3, -0.25) is 4.79 Å². The molecule has 2 aromatic rings. The van der Waals surface area contributed by atoms with Gasteiger partial charge in [0.25, 0.3) is 5.91 Å². The molecule has 1 N–H and O–H groups in total. The summed E-state index contributed by atoms with van der Waals surface area (Å²) in [6.07, 6.45) is 6.67. The number of ether oxygens (including phenoxy) is 4. The van der Waals surface area contributed by atoms with E-state index in [1.54, 1.807) is 43.5 Å². The van der Waals surface area contributed by atoms with Gasteiger partial charge in [0.1, 0.15) is 18.1 Å². The van der Waals surface area contributed by atoms with Crippen LogP contribution in [-0.2, 0) is 0 Å². The quantitative estimate of drug-likeness (QED) is 0.490. The highest BCUT2D eigenvalue weighted by atomic mass is 16.7. The number of rotatable bonds is 6. The summed E-state index contributed by atoms with van der Waals surface area (Å²) >= 11 is 0. The van der Waals surface area contributed by atoms with Gasteiger partial charge in [-0.1, -0.05) is 5.92 Å². The molecule has 7 nitrogen and oxygen atoms in total. The van der Waals surface area contributed by atoms with Crippen LogP contribution in [0.4, 0.5) is 0 Å². The van der Waals surface area contributed by atoms with E-state index < -0.39 is 0 Å². The van der Waals surface area contributed by atoms with Crippen molar-refractivity contribution in [2.45, 2.75) is 0 Å². The predicted octanol–water partition coefficient (Wildman–Crippen LogP) is 2.20. The summed E-state index contributed by atoms with van der Waals surface area (Å²) in [7, 11) is 1.56. The fourth-order valence-corrected chi connectivity index (χ4v) is 2.27. The number of hydrogen-bond donors (Lipinski definition) is 1. The smallest absolute Gasteiger partial charge is 0.271 e. The van der Waals surface area contributed by atoms with E-state index in [1.807, 2.05) is 0 Å². The Hall–Kier alpha value is -3.66. The van der Waals surface area contributed by atoms with Crippen LogP contribution in [0.2, 0.25) is 0 Å². The zero-order valence-corrected chi connectivity index (χ0v) is 14.0. The zero-order valence-electron chi connectivity index (χ0n) is 14.0. The molecule has 0 aliphatic carbocycles. The van der Waals surface area contributed by atoms with Gasteiger partial charge in [0.05, 0.1) is 13.3 Å². The van der Waals surface area contributed by atoms with Crippen LogP contribution in [-0.4, -0.2) is 32.6 Å². The zero-order chi connectivity index (χ0) is 18.4. The molecule has 0 atom stereocenters. The molecule has 0 fully saturated rings. The van der Waals surface area contributed by atoms with Gasteiger partial charge in [-0.15, -0.1) is 6.42 Å². The molecule has 0 unspecified atom stereocenters. The normalized spacial score (nSPS) is 11.8.